The molecule has 0 aromatic carbocycles. The minimum Gasteiger partial charge on any atom is -0.314 e. The van der Waals surface area contributed by atoms with Crippen molar-refractivity contribution in [1.82, 2.24) is 20.7 Å². The van der Waals surface area contributed by atoms with E-state index in [1.54, 1.807) is 11.3 Å². The lowest BCUT2D eigenvalue weighted by atomic mass is 10.3. The number of piperazine rings is 1. The lowest BCUT2D eigenvalue weighted by Gasteiger charge is -2.26. The third-order valence-electron chi connectivity index (χ3n) is 3.84. The molecule has 1 aromatic heterocycles. The molecule has 20 heavy (non-hydrogen) atoms. The minimum absolute atomic E-state index is 0.0449. The zero-order valence-corrected chi connectivity index (χ0v) is 12.5. The molecule has 3 rings (SSSR count). The molecule has 0 unspecified atom stereocenters. The van der Waals surface area contributed by atoms with Gasteiger partial charge in [-0.25, -0.2) is 5.01 Å². The van der Waals surface area contributed by atoms with Gasteiger partial charge in [-0.2, -0.15) is 0 Å². The molecule has 3 heterocycles. The van der Waals surface area contributed by atoms with E-state index in [1.165, 1.54) is 17.7 Å². The van der Waals surface area contributed by atoms with Crippen LogP contribution in [0.15, 0.2) is 12.1 Å². The maximum atomic E-state index is 12.1. The Balaban J connectivity index is 1.53. The summed E-state index contributed by atoms with van der Waals surface area (Å²) in [6.07, 6.45) is 2.36. The summed E-state index contributed by atoms with van der Waals surface area (Å²) >= 11 is 1.62. The van der Waals surface area contributed by atoms with E-state index in [2.05, 4.69) is 21.7 Å². The fraction of sp³-hybridized carbons (Fsp3) is 0.643. The highest BCUT2D eigenvalue weighted by atomic mass is 32.1. The molecule has 0 atom stereocenters. The molecule has 110 valence electrons. The Morgan fingerprint density at radius 3 is 2.70 bits per heavy atom. The molecule has 1 aromatic rings. The Bertz CT molecular complexity index is 450. The van der Waals surface area contributed by atoms with Crippen molar-refractivity contribution in [2.45, 2.75) is 19.4 Å². The van der Waals surface area contributed by atoms with E-state index < -0.39 is 0 Å². The number of carbonyl (C=O) groups excluding carboxylic acids is 1. The van der Waals surface area contributed by atoms with E-state index in [-0.39, 0.29) is 5.91 Å². The second-order valence-electron chi connectivity index (χ2n) is 5.43. The second-order valence-corrected chi connectivity index (χ2v) is 6.60. The Morgan fingerprint density at radius 1 is 1.20 bits per heavy atom. The normalized spacial score (nSPS) is 21.2. The average molecular weight is 294 g/mol. The van der Waals surface area contributed by atoms with Crippen molar-refractivity contribution >= 4 is 17.2 Å². The maximum Gasteiger partial charge on any atom is 0.275 e. The molecule has 2 N–H and O–H groups in total. The van der Waals surface area contributed by atoms with Crippen LogP contribution in [0.1, 0.15) is 27.4 Å². The fourth-order valence-electron chi connectivity index (χ4n) is 2.70. The first-order chi connectivity index (χ1) is 9.81. The summed E-state index contributed by atoms with van der Waals surface area (Å²) in [6, 6.07) is 4.04. The van der Waals surface area contributed by atoms with Crippen molar-refractivity contribution in [3.8, 4) is 0 Å². The van der Waals surface area contributed by atoms with Crippen LogP contribution in [0.3, 0.4) is 0 Å². The number of carbonyl (C=O) groups is 1. The first kappa shape index (κ1) is 14.0. The molecule has 2 aliphatic heterocycles. The number of hydrogen-bond donors (Lipinski definition) is 2. The van der Waals surface area contributed by atoms with Gasteiger partial charge >= 0.3 is 0 Å². The first-order valence-electron chi connectivity index (χ1n) is 7.39. The first-order valence-corrected chi connectivity index (χ1v) is 8.20. The van der Waals surface area contributed by atoms with Gasteiger partial charge in [-0.3, -0.25) is 15.1 Å². The van der Waals surface area contributed by atoms with Crippen molar-refractivity contribution in [2.75, 3.05) is 39.3 Å². The fourth-order valence-corrected chi connectivity index (χ4v) is 3.64. The molecule has 5 nitrogen and oxygen atoms in total. The van der Waals surface area contributed by atoms with Gasteiger partial charge in [0.2, 0.25) is 0 Å². The number of nitrogens with zero attached hydrogens (tertiary/aromatic N) is 2. The van der Waals surface area contributed by atoms with Crippen molar-refractivity contribution in [3.63, 3.8) is 0 Å². The van der Waals surface area contributed by atoms with Gasteiger partial charge in [-0.05, 0) is 25.0 Å². The summed E-state index contributed by atoms with van der Waals surface area (Å²) in [5.41, 5.74) is 2.99. The van der Waals surface area contributed by atoms with E-state index in [9.17, 15) is 4.79 Å². The number of hydrazine groups is 1. The third-order valence-corrected chi connectivity index (χ3v) is 4.91. The summed E-state index contributed by atoms with van der Waals surface area (Å²) in [7, 11) is 0. The highest BCUT2D eigenvalue weighted by molar-refractivity contribution is 7.14. The Hall–Kier alpha value is -0.950. The van der Waals surface area contributed by atoms with E-state index in [1.807, 2.05) is 11.1 Å². The number of thiophene rings is 1. The van der Waals surface area contributed by atoms with Crippen LogP contribution < -0.4 is 10.7 Å². The number of rotatable bonds is 4. The number of nitrogens with one attached hydrogen (secondary N) is 2. The smallest absolute Gasteiger partial charge is 0.275 e. The largest absolute Gasteiger partial charge is 0.314 e. The number of amides is 1. The molecule has 0 saturated carbocycles. The van der Waals surface area contributed by atoms with Crippen molar-refractivity contribution in [3.05, 3.63) is 21.9 Å². The highest BCUT2D eigenvalue weighted by Gasteiger charge is 2.17. The van der Waals surface area contributed by atoms with Crippen molar-refractivity contribution < 1.29 is 4.79 Å². The minimum atomic E-state index is 0.0449. The second kappa shape index (κ2) is 6.67. The summed E-state index contributed by atoms with van der Waals surface area (Å²) in [6.45, 7) is 7.22. The Labute approximate surface area is 123 Å². The Morgan fingerprint density at radius 2 is 1.95 bits per heavy atom. The average Bonchev–Trinajstić information content (AvgIpc) is 3.11. The van der Waals surface area contributed by atoms with E-state index in [0.717, 1.165) is 50.7 Å². The van der Waals surface area contributed by atoms with Crippen LogP contribution in [0.5, 0.6) is 0 Å². The quantitative estimate of drug-likeness (QED) is 0.866. The Kier molecular flexibility index (Phi) is 4.67. The molecule has 2 aliphatic rings. The lowest BCUT2D eigenvalue weighted by molar-refractivity contribution is 0.0830. The maximum absolute atomic E-state index is 12.1. The summed E-state index contributed by atoms with van der Waals surface area (Å²) in [4.78, 5) is 16.7. The summed E-state index contributed by atoms with van der Waals surface area (Å²) in [5.74, 6) is 0.0449. The zero-order valence-electron chi connectivity index (χ0n) is 11.7. The molecule has 0 aliphatic carbocycles. The van der Waals surface area contributed by atoms with Gasteiger partial charge in [0.25, 0.3) is 5.91 Å². The molecule has 2 fully saturated rings. The van der Waals surface area contributed by atoms with E-state index in [0.29, 0.717) is 0 Å². The van der Waals surface area contributed by atoms with Crippen LogP contribution in [-0.4, -0.2) is 55.1 Å². The van der Waals surface area contributed by atoms with Crippen LogP contribution in [0, 0.1) is 0 Å². The predicted molar refractivity (Wildman–Crippen MR) is 80.7 cm³/mol. The topological polar surface area (TPSA) is 47.6 Å². The molecular weight excluding hydrogens is 272 g/mol. The van der Waals surface area contributed by atoms with Gasteiger partial charge in [-0.15, -0.1) is 11.3 Å². The molecule has 0 spiro atoms. The van der Waals surface area contributed by atoms with Crippen LogP contribution >= 0.6 is 11.3 Å². The predicted octanol–water partition coefficient (Wildman–Crippen LogP) is 0.894. The summed E-state index contributed by atoms with van der Waals surface area (Å²) in [5, 5.41) is 5.38. The molecule has 6 heteroatoms. The van der Waals surface area contributed by atoms with Crippen molar-refractivity contribution in [2.24, 2.45) is 0 Å². The molecule has 0 radical (unpaired) electrons. The van der Waals surface area contributed by atoms with E-state index in [4.69, 9.17) is 0 Å². The van der Waals surface area contributed by atoms with Crippen molar-refractivity contribution in [1.29, 1.82) is 0 Å². The van der Waals surface area contributed by atoms with Crippen LogP contribution in [-0.2, 0) is 6.54 Å². The lowest BCUT2D eigenvalue weighted by Crippen LogP contribution is -2.42. The summed E-state index contributed by atoms with van der Waals surface area (Å²) < 4.78 is 0. The van der Waals surface area contributed by atoms with Gasteiger partial charge in [-0.1, -0.05) is 0 Å². The number of hydrogen-bond acceptors (Lipinski definition) is 5. The monoisotopic (exact) mass is 294 g/mol. The van der Waals surface area contributed by atoms with Gasteiger partial charge < -0.3 is 5.32 Å². The van der Waals surface area contributed by atoms with Crippen LogP contribution in [0.4, 0.5) is 0 Å². The van der Waals surface area contributed by atoms with Gasteiger partial charge in [0.15, 0.2) is 0 Å². The third kappa shape index (κ3) is 3.58. The van der Waals surface area contributed by atoms with Crippen LogP contribution in [0.2, 0.25) is 0 Å². The molecule has 0 bridgehead atoms. The zero-order chi connectivity index (χ0) is 13.8. The molecule has 2 saturated heterocycles. The molecular formula is C14H22N4OS. The highest BCUT2D eigenvalue weighted by Crippen LogP contribution is 2.19. The van der Waals surface area contributed by atoms with Gasteiger partial charge in [0, 0.05) is 50.7 Å². The molecule has 1 amide bonds. The van der Waals surface area contributed by atoms with Gasteiger partial charge in [0.05, 0.1) is 4.88 Å². The van der Waals surface area contributed by atoms with Crippen LogP contribution in [0.25, 0.3) is 0 Å². The van der Waals surface area contributed by atoms with E-state index >= 15 is 0 Å². The standard InChI is InChI=1S/C14H22N4OS/c19-14(16-18-7-1-2-8-18)13-4-3-12(20-13)11-17-9-5-15-6-10-17/h3-4,15H,1-2,5-11H2,(H,16,19). The SMILES string of the molecule is O=C(NN1CCCC1)c1ccc(CN2CCNCC2)s1. The van der Waals surface area contributed by atoms with Gasteiger partial charge in [0.1, 0.15) is 0 Å².